The number of amides is 3. The lowest BCUT2D eigenvalue weighted by Gasteiger charge is -2.38. The van der Waals surface area contributed by atoms with Gasteiger partial charge in [-0.15, -0.1) is 13.2 Å². The third kappa shape index (κ3) is 10.5. The first-order chi connectivity index (χ1) is 23.7. The zero-order chi connectivity index (χ0) is 38.4. The number of carbonyl (C=O) groups is 5. The topological polar surface area (TPSA) is 129 Å². The molecule has 0 radical (unpaired) electrons. The van der Waals surface area contributed by atoms with Crippen LogP contribution < -0.4 is 0 Å². The molecule has 11 nitrogen and oxygen atoms in total. The van der Waals surface area contributed by atoms with Gasteiger partial charge in [-0.05, 0) is 90.3 Å². The van der Waals surface area contributed by atoms with E-state index in [1.807, 2.05) is 6.08 Å². The fourth-order valence-corrected chi connectivity index (χ4v) is 8.38. The molecule has 2 saturated carbocycles. The summed E-state index contributed by atoms with van der Waals surface area (Å²) in [6, 6.07) is -1.15. The van der Waals surface area contributed by atoms with Crippen LogP contribution in [0, 0.1) is 11.8 Å². The molecule has 1 saturated heterocycles. The van der Waals surface area contributed by atoms with Gasteiger partial charge in [0.1, 0.15) is 17.7 Å². The van der Waals surface area contributed by atoms with E-state index in [4.69, 9.17) is 18.6 Å². The van der Waals surface area contributed by atoms with Gasteiger partial charge < -0.3 is 23.5 Å². The molecule has 2 aliphatic carbocycles. The Morgan fingerprint density at radius 2 is 1.63 bits per heavy atom. The highest BCUT2D eigenvalue weighted by Gasteiger charge is 2.69. The van der Waals surface area contributed by atoms with Crippen molar-refractivity contribution in [1.82, 2.24) is 9.80 Å². The summed E-state index contributed by atoms with van der Waals surface area (Å²) in [4.78, 5) is 72.6. The van der Waals surface area contributed by atoms with Crippen molar-refractivity contribution in [2.75, 3.05) is 13.7 Å². The van der Waals surface area contributed by atoms with Gasteiger partial charge in [-0.1, -0.05) is 45.8 Å². The summed E-state index contributed by atoms with van der Waals surface area (Å²) in [6.45, 7) is 23.3. The number of hydrogen-bond donors (Lipinski definition) is 0. The average molecular weight is 733 g/mol. The molecule has 12 heteroatoms. The van der Waals surface area contributed by atoms with Gasteiger partial charge in [0.25, 0.3) is 5.91 Å². The summed E-state index contributed by atoms with van der Waals surface area (Å²) in [5, 5.41) is -0.148. The molecule has 288 valence electrons. The zero-order valence-electron chi connectivity index (χ0n) is 32.7. The van der Waals surface area contributed by atoms with Crippen molar-refractivity contribution in [2.45, 2.75) is 166 Å². The maximum Gasteiger partial charge on any atom is 0.418 e. The van der Waals surface area contributed by atoms with Crippen molar-refractivity contribution in [2.24, 2.45) is 11.8 Å². The number of methoxy groups -OCH3 is 1. The molecule has 0 aromatic carbocycles. The van der Waals surface area contributed by atoms with E-state index >= 15 is 0 Å². The number of unbranched alkanes of at least 4 members (excludes halogenated alkanes) is 3. The summed E-state index contributed by atoms with van der Waals surface area (Å²) < 4.78 is 23.4. The van der Waals surface area contributed by atoms with Crippen LogP contribution in [0.15, 0.2) is 25.3 Å². The van der Waals surface area contributed by atoms with Gasteiger partial charge >= 0.3 is 18.0 Å². The predicted octanol–water partition coefficient (Wildman–Crippen LogP) is 7.49. The molecule has 3 rings (SSSR count). The molecule has 51 heavy (non-hydrogen) atoms. The number of rotatable bonds is 16. The van der Waals surface area contributed by atoms with Crippen LogP contribution in [0.3, 0.4) is 0 Å². The largest absolute Gasteiger partial charge is 0.467 e. The van der Waals surface area contributed by atoms with Crippen molar-refractivity contribution in [3.05, 3.63) is 25.3 Å². The smallest absolute Gasteiger partial charge is 0.418 e. The highest BCUT2D eigenvalue weighted by molar-refractivity contribution is 6.74. The lowest BCUT2D eigenvalue weighted by atomic mass is 9.95. The van der Waals surface area contributed by atoms with Gasteiger partial charge in [0.2, 0.25) is 5.91 Å². The van der Waals surface area contributed by atoms with Gasteiger partial charge in [0, 0.05) is 24.8 Å². The maximum atomic E-state index is 14.9. The molecule has 0 aromatic rings. The van der Waals surface area contributed by atoms with Crippen LogP contribution in [-0.4, -0.2) is 91.0 Å². The van der Waals surface area contributed by atoms with E-state index in [2.05, 4.69) is 47.0 Å². The van der Waals surface area contributed by atoms with Crippen LogP contribution in [-0.2, 0) is 37.8 Å². The Morgan fingerprint density at radius 1 is 0.980 bits per heavy atom. The van der Waals surface area contributed by atoms with E-state index in [0.29, 0.717) is 12.8 Å². The second-order valence-electron chi connectivity index (χ2n) is 17.1. The Hall–Kier alpha value is -2.99. The van der Waals surface area contributed by atoms with Crippen molar-refractivity contribution < 1.29 is 42.6 Å². The van der Waals surface area contributed by atoms with E-state index in [0.717, 1.165) is 49.8 Å². The van der Waals surface area contributed by atoms with Crippen molar-refractivity contribution in [3.8, 4) is 0 Å². The quantitative estimate of drug-likeness (QED) is 0.0521. The molecule has 0 bridgehead atoms. The number of ether oxygens (including phenoxy) is 3. The lowest BCUT2D eigenvalue weighted by molar-refractivity contribution is -0.159. The molecular formula is C39H64N2O9Si. The summed E-state index contributed by atoms with van der Waals surface area (Å²) in [7, 11) is -1.17. The summed E-state index contributed by atoms with van der Waals surface area (Å²) in [5.41, 5.74) is -2.64. The van der Waals surface area contributed by atoms with E-state index in [1.165, 1.54) is 18.1 Å². The fourth-order valence-electron chi connectivity index (χ4n) is 7.02. The minimum atomic E-state index is -2.38. The Balaban J connectivity index is 2.05. The van der Waals surface area contributed by atoms with Crippen LogP contribution in [0.2, 0.25) is 18.1 Å². The standard InChI is InChI=1S/C39H64N2O9Si/c1-12-14-15-16-17-20-27(23-32(42)48-29-21-18-19-22-29)33(43)40-26-30(50-51(10,11)38(6,7)8)24-31(40)34(44)41(36(46)49-37(3,4)5)39(35(45)47-9)25-28(39)13-2/h12-13,27-31H,1-2,14-26H2,3-11H3/t27-,28-,30-,31+,39-/m1/s1. The number of nitrogens with zero attached hydrogens (tertiary/aromatic N) is 2. The van der Waals surface area contributed by atoms with E-state index in [-0.39, 0.29) is 42.9 Å². The summed E-state index contributed by atoms with van der Waals surface area (Å²) in [5.74, 6) is -3.59. The Morgan fingerprint density at radius 3 is 2.16 bits per heavy atom. The maximum absolute atomic E-state index is 14.9. The third-order valence-electron chi connectivity index (χ3n) is 10.9. The van der Waals surface area contributed by atoms with E-state index in [1.54, 1.807) is 20.8 Å². The Kier molecular flexibility index (Phi) is 14.3. The van der Waals surface area contributed by atoms with Crippen LogP contribution in [0.5, 0.6) is 0 Å². The van der Waals surface area contributed by atoms with Gasteiger partial charge in [-0.25, -0.2) is 14.5 Å². The highest BCUT2D eigenvalue weighted by Crippen LogP contribution is 2.52. The van der Waals surface area contributed by atoms with Crippen LogP contribution in [0.4, 0.5) is 4.79 Å². The fraction of sp³-hybridized carbons (Fsp3) is 0.769. The number of carbonyl (C=O) groups excluding carboxylic acids is 5. The predicted molar refractivity (Wildman–Crippen MR) is 198 cm³/mol. The zero-order valence-corrected chi connectivity index (χ0v) is 33.7. The number of imide groups is 1. The SMILES string of the molecule is C=CCCCCC[C@H](CC(=O)OC1CCCC1)C(=O)N1C[C@H](O[Si](C)(C)C(C)(C)C)C[C@H]1C(=O)N(C(=O)OC(C)(C)C)[C@]1(C(=O)OC)C[C@H]1C=C. The van der Waals surface area contributed by atoms with E-state index < -0.39 is 67.4 Å². The van der Waals surface area contributed by atoms with Crippen LogP contribution in [0.1, 0.15) is 119 Å². The van der Waals surface area contributed by atoms with Crippen molar-refractivity contribution in [3.63, 3.8) is 0 Å². The minimum Gasteiger partial charge on any atom is -0.467 e. The Labute approximate surface area is 306 Å². The first-order valence-electron chi connectivity index (χ1n) is 18.8. The first kappa shape index (κ1) is 42.4. The number of allylic oxidation sites excluding steroid dienone is 1. The second kappa shape index (κ2) is 17.2. The molecular weight excluding hydrogens is 669 g/mol. The lowest BCUT2D eigenvalue weighted by Crippen LogP contribution is -2.59. The van der Waals surface area contributed by atoms with Gasteiger partial charge in [0.15, 0.2) is 13.9 Å². The molecule has 0 N–H and O–H groups in total. The third-order valence-corrected chi connectivity index (χ3v) is 15.5. The van der Waals surface area contributed by atoms with Crippen LogP contribution >= 0.6 is 0 Å². The molecule has 1 aliphatic heterocycles. The molecule has 0 aromatic heterocycles. The van der Waals surface area contributed by atoms with Gasteiger partial charge in [-0.3, -0.25) is 14.4 Å². The van der Waals surface area contributed by atoms with Crippen LogP contribution in [0.25, 0.3) is 0 Å². The normalized spacial score (nSPS) is 24.4. The second-order valence-corrected chi connectivity index (χ2v) is 21.8. The van der Waals surface area contributed by atoms with Gasteiger partial charge in [-0.2, -0.15) is 0 Å². The number of likely N-dealkylation sites (tertiary alicyclic amines) is 1. The number of esters is 2. The number of hydrogen-bond acceptors (Lipinski definition) is 9. The summed E-state index contributed by atoms with van der Waals surface area (Å²) >= 11 is 0. The molecule has 3 aliphatic rings. The average Bonchev–Trinajstić information content (AvgIpc) is 3.30. The van der Waals surface area contributed by atoms with E-state index in [9.17, 15) is 24.0 Å². The van der Waals surface area contributed by atoms with Crippen molar-refractivity contribution >= 4 is 38.2 Å². The molecule has 3 amide bonds. The summed E-state index contributed by atoms with van der Waals surface area (Å²) in [6.07, 6.45) is 9.26. The molecule has 0 unspecified atom stereocenters. The Bertz CT molecular complexity index is 1300. The molecule has 5 atom stereocenters. The highest BCUT2D eigenvalue weighted by atomic mass is 28.4. The molecule has 0 spiro atoms. The molecule has 3 fully saturated rings. The van der Waals surface area contributed by atoms with Crippen molar-refractivity contribution in [1.29, 1.82) is 0 Å². The minimum absolute atomic E-state index is 0.102. The monoisotopic (exact) mass is 732 g/mol. The molecule has 1 heterocycles. The van der Waals surface area contributed by atoms with Gasteiger partial charge in [0.05, 0.1) is 19.6 Å². The first-order valence-corrected chi connectivity index (χ1v) is 21.7.